The molecule has 8 nitrogen and oxygen atoms in total. The number of ether oxygens (including phenoxy) is 1. The van der Waals surface area contributed by atoms with Crippen molar-refractivity contribution in [3.05, 3.63) is 81.2 Å². The van der Waals surface area contributed by atoms with E-state index in [1.165, 1.54) is 4.68 Å². The summed E-state index contributed by atoms with van der Waals surface area (Å²) in [5.74, 6) is -0.0653. The molecule has 0 saturated carbocycles. The van der Waals surface area contributed by atoms with Gasteiger partial charge in [-0.1, -0.05) is 41.9 Å². The SMILES string of the molecule is O=C(COCc1nc2ccccc2s1)N1CCN(c2cnn(-c3ccccc3)c(=O)c2Cl)CC1. The number of nitrogens with zero attached hydrogens (tertiary/aromatic N) is 5. The Bertz CT molecular complexity index is 1330. The molecular weight excluding hydrogens is 474 g/mol. The molecule has 0 bridgehead atoms. The van der Waals surface area contributed by atoms with Crippen molar-refractivity contribution in [1.82, 2.24) is 19.7 Å². The molecular formula is C24H22ClN5O3S. The first-order valence-corrected chi connectivity index (χ1v) is 12.1. The van der Waals surface area contributed by atoms with Crippen molar-refractivity contribution in [2.75, 3.05) is 37.7 Å². The number of hydrogen-bond donors (Lipinski definition) is 0. The van der Waals surface area contributed by atoms with Crippen LogP contribution in [0.2, 0.25) is 5.02 Å². The minimum absolute atomic E-state index is 0.00532. The monoisotopic (exact) mass is 495 g/mol. The zero-order valence-corrected chi connectivity index (χ0v) is 19.8. The van der Waals surface area contributed by atoms with Crippen molar-refractivity contribution >= 4 is 44.7 Å². The van der Waals surface area contributed by atoms with E-state index in [0.29, 0.717) is 44.2 Å². The molecule has 0 unspecified atom stereocenters. The number of rotatable bonds is 6. The van der Waals surface area contributed by atoms with Crippen LogP contribution in [0.4, 0.5) is 5.69 Å². The van der Waals surface area contributed by atoms with Crippen molar-refractivity contribution in [2.24, 2.45) is 0 Å². The summed E-state index contributed by atoms with van der Waals surface area (Å²) in [4.78, 5) is 33.6. The smallest absolute Gasteiger partial charge is 0.292 e. The number of para-hydroxylation sites is 2. The lowest BCUT2D eigenvalue weighted by atomic mass is 10.2. The van der Waals surface area contributed by atoms with Gasteiger partial charge in [0.15, 0.2) is 0 Å². The molecule has 1 fully saturated rings. The predicted octanol–water partition coefficient (Wildman–Crippen LogP) is 3.36. The van der Waals surface area contributed by atoms with Gasteiger partial charge in [-0.3, -0.25) is 9.59 Å². The maximum absolute atomic E-state index is 12.8. The normalized spacial score (nSPS) is 14.0. The van der Waals surface area contributed by atoms with Gasteiger partial charge in [-0.2, -0.15) is 9.78 Å². The Balaban J connectivity index is 1.15. The van der Waals surface area contributed by atoms with Crippen LogP contribution in [0.15, 0.2) is 65.6 Å². The first kappa shape index (κ1) is 22.5. The average Bonchev–Trinajstić information content (AvgIpc) is 3.29. The van der Waals surface area contributed by atoms with Crippen LogP contribution in [-0.2, 0) is 16.1 Å². The Labute approximate surface area is 205 Å². The molecule has 10 heteroatoms. The van der Waals surface area contributed by atoms with E-state index in [1.54, 1.807) is 34.6 Å². The van der Waals surface area contributed by atoms with Gasteiger partial charge >= 0.3 is 0 Å². The van der Waals surface area contributed by atoms with Gasteiger partial charge in [0.25, 0.3) is 5.56 Å². The molecule has 5 rings (SSSR count). The minimum Gasteiger partial charge on any atom is -0.365 e. The summed E-state index contributed by atoms with van der Waals surface area (Å²) in [5.41, 5.74) is 1.81. The van der Waals surface area contributed by atoms with E-state index in [0.717, 1.165) is 15.2 Å². The highest BCUT2D eigenvalue weighted by atomic mass is 35.5. The first-order chi connectivity index (χ1) is 16.6. The Hall–Kier alpha value is -3.27. The fourth-order valence-corrected chi connectivity index (χ4v) is 5.05. The van der Waals surface area contributed by atoms with Gasteiger partial charge in [-0.05, 0) is 24.3 Å². The number of aromatic nitrogens is 3. The quantitative estimate of drug-likeness (QED) is 0.408. The molecule has 1 aliphatic heterocycles. The van der Waals surface area contributed by atoms with Gasteiger partial charge < -0.3 is 14.5 Å². The van der Waals surface area contributed by atoms with Crippen molar-refractivity contribution in [2.45, 2.75) is 6.61 Å². The van der Waals surface area contributed by atoms with Gasteiger partial charge in [0.1, 0.15) is 16.6 Å². The topological polar surface area (TPSA) is 80.6 Å². The highest BCUT2D eigenvalue weighted by molar-refractivity contribution is 7.18. The average molecular weight is 496 g/mol. The maximum atomic E-state index is 12.8. The van der Waals surface area contributed by atoms with E-state index in [4.69, 9.17) is 16.3 Å². The molecule has 3 heterocycles. The summed E-state index contributed by atoms with van der Waals surface area (Å²) in [6.45, 7) is 2.46. The van der Waals surface area contributed by atoms with Crippen LogP contribution >= 0.6 is 22.9 Å². The standard InChI is InChI=1S/C24H22ClN5O3S/c25-23-19(14-26-30(24(23)32)17-6-2-1-3-7-17)28-10-12-29(13-11-28)22(31)16-33-15-21-27-18-8-4-5-9-20(18)34-21/h1-9,14H,10-13,15-16H2. The third kappa shape index (κ3) is 4.68. The number of hydrogen-bond acceptors (Lipinski definition) is 7. The number of benzene rings is 2. The summed E-state index contributed by atoms with van der Waals surface area (Å²) < 4.78 is 8.02. The van der Waals surface area contributed by atoms with Crippen molar-refractivity contribution in [3.63, 3.8) is 0 Å². The third-order valence-corrected chi connectivity index (χ3v) is 7.03. The van der Waals surface area contributed by atoms with Crippen molar-refractivity contribution in [1.29, 1.82) is 0 Å². The van der Waals surface area contributed by atoms with Crippen LogP contribution in [0, 0.1) is 0 Å². The predicted molar refractivity (Wildman–Crippen MR) is 133 cm³/mol. The lowest BCUT2D eigenvalue weighted by Crippen LogP contribution is -2.50. The summed E-state index contributed by atoms with van der Waals surface area (Å²) in [7, 11) is 0. The van der Waals surface area contributed by atoms with Crippen LogP contribution in [0.3, 0.4) is 0 Å². The van der Waals surface area contributed by atoms with Gasteiger partial charge in [0, 0.05) is 26.2 Å². The number of piperazine rings is 1. The van der Waals surface area contributed by atoms with Crippen molar-refractivity contribution in [3.8, 4) is 5.69 Å². The number of carbonyl (C=O) groups is 1. The lowest BCUT2D eigenvalue weighted by Gasteiger charge is -2.36. The minimum atomic E-state index is -0.368. The van der Waals surface area contributed by atoms with Crippen LogP contribution in [0.25, 0.3) is 15.9 Å². The number of halogens is 1. The van der Waals surface area contributed by atoms with E-state index < -0.39 is 0 Å². The van der Waals surface area contributed by atoms with E-state index in [-0.39, 0.29) is 23.1 Å². The second-order valence-electron chi connectivity index (χ2n) is 7.83. The summed E-state index contributed by atoms with van der Waals surface area (Å²) in [6, 6.07) is 17.1. The molecule has 1 amide bonds. The molecule has 2 aromatic heterocycles. The zero-order valence-electron chi connectivity index (χ0n) is 18.3. The fourth-order valence-electron chi connectivity index (χ4n) is 3.89. The second-order valence-corrected chi connectivity index (χ2v) is 9.33. The summed E-state index contributed by atoms with van der Waals surface area (Å²) in [5, 5.41) is 5.27. The highest BCUT2D eigenvalue weighted by Crippen LogP contribution is 2.24. The summed E-state index contributed by atoms with van der Waals surface area (Å²) in [6.07, 6.45) is 1.61. The molecule has 1 aliphatic rings. The summed E-state index contributed by atoms with van der Waals surface area (Å²) >= 11 is 7.99. The molecule has 4 aromatic rings. The first-order valence-electron chi connectivity index (χ1n) is 10.9. The van der Waals surface area contributed by atoms with Gasteiger partial charge in [0.05, 0.1) is 34.4 Å². The largest absolute Gasteiger partial charge is 0.365 e. The van der Waals surface area contributed by atoms with E-state index in [1.807, 2.05) is 47.4 Å². The van der Waals surface area contributed by atoms with E-state index in [2.05, 4.69) is 10.1 Å². The maximum Gasteiger partial charge on any atom is 0.292 e. The number of anilines is 1. The molecule has 0 spiro atoms. The fraction of sp³-hybridized carbons (Fsp3) is 0.250. The van der Waals surface area contributed by atoms with Crippen LogP contribution in [0.1, 0.15) is 5.01 Å². The van der Waals surface area contributed by atoms with Crippen LogP contribution in [-0.4, -0.2) is 58.4 Å². The van der Waals surface area contributed by atoms with Gasteiger partial charge in [-0.15, -0.1) is 11.3 Å². The Morgan fingerprint density at radius 2 is 1.76 bits per heavy atom. The van der Waals surface area contributed by atoms with Gasteiger partial charge in [0.2, 0.25) is 5.91 Å². The van der Waals surface area contributed by atoms with E-state index >= 15 is 0 Å². The number of thiazole rings is 1. The molecule has 0 aliphatic carbocycles. The number of fused-ring (bicyclic) bond motifs is 1. The second kappa shape index (κ2) is 9.92. The number of amides is 1. The molecule has 0 atom stereocenters. The van der Waals surface area contributed by atoms with E-state index in [9.17, 15) is 9.59 Å². The Morgan fingerprint density at radius 1 is 1.03 bits per heavy atom. The Morgan fingerprint density at radius 3 is 2.53 bits per heavy atom. The van der Waals surface area contributed by atoms with Crippen LogP contribution < -0.4 is 10.5 Å². The molecule has 0 radical (unpaired) electrons. The lowest BCUT2D eigenvalue weighted by molar-refractivity contribution is -0.136. The molecule has 1 saturated heterocycles. The highest BCUT2D eigenvalue weighted by Gasteiger charge is 2.24. The van der Waals surface area contributed by atoms with Gasteiger partial charge in [-0.25, -0.2) is 4.98 Å². The van der Waals surface area contributed by atoms with Crippen molar-refractivity contribution < 1.29 is 9.53 Å². The molecule has 2 aromatic carbocycles. The zero-order chi connectivity index (χ0) is 23.5. The number of carbonyl (C=O) groups excluding carboxylic acids is 1. The van der Waals surface area contributed by atoms with Crippen LogP contribution in [0.5, 0.6) is 0 Å². The molecule has 174 valence electrons. The Kier molecular flexibility index (Phi) is 6.57. The third-order valence-electron chi connectivity index (χ3n) is 5.66. The molecule has 34 heavy (non-hydrogen) atoms. The molecule has 0 N–H and O–H groups in total.